The lowest BCUT2D eigenvalue weighted by atomic mass is 10.1. The summed E-state index contributed by atoms with van der Waals surface area (Å²) in [4.78, 5) is 27.5. The smallest absolute Gasteiger partial charge is 0.347 e. The summed E-state index contributed by atoms with van der Waals surface area (Å²) < 4.78 is 40.5. The van der Waals surface area contributed by atoms with Gasteiger partial charge in [0.1, 0.15) is 0 Å². The van der Waals surface area contributed by atoms with E-state index in [1.54, 1.807) is 13.8 Å². The minimum atomic E-state index is -4.51. The van der Waals surface area contributed by atoms with E-state index in [1.807, 2.05) is 49.3 Å². The van der Waals surface area contributed by atoms with Crippen LogP contribution in [0, 0.1) is 13.8 Å². The summed E-state index contributed by atoms with van der Waals surface area (Å²) >= 11 is 0. The van der Waals surface area contributed by atoms with Gasteiger partial charge in [-0.2, -0.15) is 18.3 Å². The lowest BCUT2D eigenvalue weighted by Gasteiger charge is -2.25. The summed E-state index contributed by atoms with van der Waals surface area (Å²) in [6.45, 7) is 3.30. The summed E-state index contributed by atoms with van der Waals surface area (Å²) in [5.74, 6) is -1.58. The van der Waals surface area contributed by atoms with E-state index < -0.39 is 23.4 Å². The van der Waals surface area contributed by atoms with Gasteiger partial charge in [0, 0.05) is 6.54 Å². The Balaban J connectivity index is 1.82. The molecule has 1 amide bonds. The van der Waals surface area contributed by atoms with Crippen LogP contribution in [0.5, 0.6) is 0 Å². The van der Waals surface area contributed by atoms with E-state index in [-0.39, 0.29) is 29.5 Å². The molecule has 1 atom stereocenters. The SMILES string of the molecule is Cc1nn(-c2cccc(C(F)(F)F)c2)c(C)c1C(=O)C(=O)NCC(c1ccccc1)N(C)C. The first-order valence-corrected chi connectivity index (χ1v) is 10.3. The molecule has 33 heavy (non-hydrogen) atoms. The fraction of sp³-hybridized carbons (Fsp3) is 0.292. The summed E-state index contributed by atoms with van der Waals surface area (Å²) in [7, 11) is 3.75. The highest BCUT2D eigenvalue weighted by atomic mass is 19.4. The maximum absolute atomic E-state index is 13.1. The third kappa shape index (κ3) is 5.31. The van der Waals surface area contributed by atoms with Gasteiger partial charge in [0.15, 0.2) is 0 Å². The van der Waals surface area contributed by atoms with Crippen molar-refractivity contribution in [2.45, 2.75) is 26.1 Å². The van der Waals surface area contributed by atoms with Gasteiger partial charge in [-0.05, 0) is 51.7 Å². The molecule has 0 saturated heterocycles. The van der Waals surface area contributed by atoms with E-state index in [9.17, 15) is 22.8 Å². The molecule has 2 aromatic carbocycles. The van der Waals surface area contributed by atoms with E-state index >= 15 is 0 Å². The highest BCUT2D eigenvalue weighted by Gasteiger charge is 2.31. The minimum absolute atomic E-state index is 0.0750. The van der Waals surface area contributed by atoms with Gasteiger partial charge in [-0.1, -0.05) is 36.4 Å². The van der Waals surface area contributed by atoms with Crippen LogP contribution in [0.4, 0.5) is 13.2 Å². The van der Waals surface area contributed by atoms with Crippen LogP contribution in [-0.2, 0) is 11.0 Å². The first-order valence-electron chi connectivity index (χ1n) is 10.3. The third-order valence-electron chi connectivity index (χ3n) is 5.41. The standard InChI is InChI=1S/C24H25F3N4O2/c1-15-21(16(2)31(29-15)19-12-8-11-18(13-19)24(25,26)27)22(32)23(33)28-14-20(30(3)4)17-9-6-5-7-10-17/h5-13,20H,14H2,1-4H3,(H,28,33). The summed E-state index contributed by atoms with van der Waals surface area (Å²) in [6.07, 6.45) is -4.51. The van der Waals surface area contributed by atoms with E-state index in [0.29, 0.717) is 5.69 Å². The second kappa shape index (κ2) is 9.58. The number of hydrogen-bond acceptors (Lipinski definition) is 4. The Morgan fingerprint density at radius 2 is 1.73 bits per heavy atom. The number of aromatic nitrogens is 2. The quantitative estimate of drug-likeness (QED) is 0.428. The summed E-state index contributed by atoms with van der Waals surface area (Å²) in [5.41, 5.74) is 0.943. The number of halogens is 3. The average molecular weight is 458 g/mol. The van der Waals surface area contributed by atoms with Crippen molar-refractivity contribution in [3.63, 3.8) is 0 Å². The predicted molar refractivity (Wildman–Crippen MR) is 118 cm³/mol. The van der Waals surface area contributed by atoms with Gasteiger partial charge in [-0.25, -0.2) is 4.68 Å². The molecule has 0 spiro atoms. The number of nitrogens with one attached hydrogen (secondary N) is 1. The van der Waals surface area contributed by atoms with Crippen molar-refractivity contribution in [2.24, 2.45) is 0 Å². The van der Waals surface area contributed by atoms with Gasteiger partial charge < -0.3 is 10.2 Å². The maximum atomic E-state index is 13.1. The van der Waals surface area contributed by atoms with Gasteiger partial charge in [-0.15, -0.1) is 0 Å². The van der Waals surface area contributed by atoms with Gasteiger partial charge in [0.25, 0.3) is 11.7 Å². The number of aryl methyl sites for hydroxylation is 1. The molecule has 3 aromatic rings. The van der Waals surface area contributed by atoms with E-state index in [1.165, 1.54) is 16.8 Å². The number of carbonyl (C=O) groups excluding carboxylic acids is 2. The van der Waals surface area contributed by atoms with Crippen LogP contribution in [0.25, 0.3) is 5.69 Å². The molecule has 0 radical (unpaired) electrons. The van der Waals surface area contributed by atoms with Crippen LogP contribution in [0.3, 0.4) is 0 Å². The number of likely N-dealkylation sites (N-methyl/N-ethyl adjacent to an activating group) is 1. The van der Waals surface area contributed by atoms with Gasteiger partial charge in [0.05, 0.1) is 34.2 Å². The number of alkyl halides is 3. The molecule has 1 aromatic heterocycles. The number of amides is 1. The topological polar surface area (TPSA) is 67.2 Å². The monoisotopic (exact) mass is 458 g/mol. The second-order valence-electron chi connectivity index (χ2n) is 7.93. The first kappa shape index (κ1) is 24.2. The second-order valence-corrected chi connectivity index (χ2v) is 7.93. The Morgan fingerprint density at radius 3 is 2.33 bits per heavy atom. The van der Waals surface area contributed by atoms with Crippen molar-refractivity contribution in [3.05, 3.63) is 82.7 Å². The highest BCUT2D eigenvalue weighted by molar-refractivity contribution is 6.43. The molecule has 0 aliphatic rings. The lowest BCUT2D eigenvalue weighted by Crippen LogP contribution is -2.38. The molecular weight excluding hydrogens is 433 g/mol. The number of benzene rings is 2. The fourth-order valence-electron chi connectivity index (χ4n) is 3.69. The maximum Gasteiger partial charge on any atom is 0.416 e. The molecule has 3 rings (SSSR count). The van der Waals surface area contributed by atoms with Gasteiger partial charge >= 0.3 is 6.18 Å². The van der Waals surface area contributed by atoms with Crippen LogP contribution < -0.4 is 5.32 Å². The molecule has 0 aliphatic carbocycles. The number of nitrogens with zero attached hydrogens (tertiary/aromatic N) is 3. The zero-order valence-corrected chi connectivity index (χ0v) is 18.8. The van der Waals surface area contributed by atoms with Crippen molar-refractivity contribution in [1.82, 2.24) is 20.0 Å². The molecule has 1 heterocycles. The Hall–Kier alpha value is -3.46. The normalized spacial score (nSPS) is 12.6. The van der Waals surface area contributed by atoms with Crippen LogP contribution in [0.15, 0.2) is 54.6 Å². The minimum Gasteiger partial charge on any atom is -0.347 e. The van der Waals surface area contributed by atoms with E-state index in [2.05, 4.69) is 10.4 Å². The first-order chi connectivity index (χ1) is 15.5. The molecule has 1 N–H and O–H groups in total. The molecular formula is C24H25F3N4O2. The Labute approximate surface area is 190 Å². The summed E-state index contributed by atoms with van der Waals surface area (Å²) in [6, 6.07) is 14.1. The molecule has 0 fully saturated rings. The van der Waals surface area contributed by atoms with Gasteiger partial charge in [-0.3, -0.25) is 9.59 Å². The third-order valence-corrected chi connectivity index (χ3v) is 5.41. The molecule has 0 aliphatic heterocycles. The zero-order valence-electron chi connectivity index (χ0n) is 18.8. The number of Topliss-reactive ketones (excluding diaryl/α,β-unsaturated/α-hetero) is 1. The van der Waals surface area contributed by atoms with Crippen LogP contribution >= 0.6 is 0 Å². The molecule has 6 nitrogen and oxygen atoms in total. The molecule has 0 bridgehead atoms. The summed E-state index contributed by atoms with van der Waals surface area (Å²) in [5, 5.41) is 6.90. The number of carbonyl (C=O) groups is 2. The number of ketones is 1. The Kier molecular flexibility index (Phi) is 7.02. The molecule has 1 unspecified atom stereocenters. The molecule has 174 valence electrons. The largest absolute Gasteiger partial charge is 0.416 e. The van der Waals surface area contributed by atoms with Crippen molar-refractivity contribution in [2.75, 3.05) is 20.6 Å². The van der Waals surface area contributed by atoms with Gasteiger partial charge in [0.2, 0.25) is 0 Å². The van der Waals surface area contributed by atoms with Crippen molar-refractivity contribution >= 4 is 11.7 Å². The predicted octanol–water partition coefficient (Wildman–Crippen LogP) is 4.11. The number of rotatable bonds is 7. The van der Waals surface area contributed by atoms with E-state index in [4.69, 9.17) is 0 Å². The number of hydrogen-bond donors (Lipinski definition) is 1. The van der Waals surface area contributed by atoms with Crippen LogP contribution in [0.2, 0.25) is 0 Å². The highest BCUT2D eigenvalue weighted by Crippen LogP contribution is 2.31. The molecule has 0 saturated carbocycles. The molecule has 9 heteroatoms. The Bertz CT molecular complexity index is 1150. The van der Waals surface area contributed by atoms with Crippen LogP contribution in [-0.4, -0.2) is 47.0 Å². The van der Waals surface area contributed by atoms with Crippen molar-refractivity contribution in [3.8, 4) is 5.69 Å². The zero-order chi connectivity index (χ0) is 24.3. The van der Waals surface area contributed by atoms with E-state index in [0.717, 1.165) is 17.7 Å². The van der Waals surface area contributed by atoms with Crippen LogP contribution in [0.1, 0.15) is 38.9 Å². The lowest BCUT2D eigenvalue weighted by molar-refractivity contribution is -0.137. The van der Waals surface area contributed by atoms with Crippen molar-refractivity contribution < 1.29 is 22.8 Å². The Morgan fingerprint density at radius 1 is 1.06 bits per heavy atom. The van der Waals surface area contributed by atoms with Crippen molar-refractivity contribution in [1.29, 1.82) is 0 Å². The average Bonchev–Trinajstić information content (AvgIpc) is 3.07. The fourth-order valence-corrected chi connectivity index (χ4v) is 3.69.